The molecule has 2 aromatic rings. The topological polar surface area (TPSA) is 68.0 Å². The number of nitrogens with one attached hydrogen (secondary N) is 1. The number of carbonyl (C=O) groups excluding carboxylic acids is 1. The van der Waals surface area contributed by atoms with Crippen molar-refractivity contribution in [3.8, 4) is 11.5 Å². The van der Waals surface area contributed by atoms with E-state index in [1.54, 1.807) is 6.92 Å². The lowest BCUT2D eigenvalue weighted by Crippen LogP contribution is -2.21. The molecule has 0 aliphatic carbocycles. The Bertz CT molecular complexity index is 527. The van der Waals surface area contributed by atoms with Crippen molar-refractivity contribution in [1.82, 2.24) is 10.2 Å². The van der Waals surface area contributed by atoms with Gasteiger partial charge in [-0.2, -0.15) is 0 Å². The molecular formula is C12H12ClN3O2. The number of aromatic nitrogens is 2. The highest BCUT2D eigenvalue weighted by Gasteiger charge is 2.15. The monoisotopic (exact) mass is 265 g/mol. The first-order chi connectivity index (χ1) is 8.70. The van der Waals surface area contributed by atoms with Gasteiger partial charge in [0, 0.05) is 17.4 Å². The Balaban J connectivity index is 2.10. The standard InChI is InChI=1S/C12H12ClN3O2/c1-8(7-13)10(17)14-12-16-15-11(18-12)9-5-3-2-4-6-9/h2-6,8H,7H2,1H3,(H,14,16,17). The molecule has 18 heavy (non-hydrogen) atoms. The summed E-state index contributed by atoms with van der Waals surface area (Å²) in [6.07, 6.45) is 0. The van der Waals surface area contributed by atoms with Crippen molar-refractivity contribution in [1.29, 1.82) is 0 Å². The summed E-state index contributed by atoms with van der Waals surface area (Å²) in [5.74, 6) is 0.0577. The lowest BCUT2D eigenvalue weighted by Gasteiger charge is -2.04. The Morgan fingerprint density at radius 3 is 2.78 bits per heavy atom. The van der Waals surface area contributed by atoms with Crippen LogP contribution in [0.3, 0.4) is 0 Å². The number of amides is 1. The van der Waals surface area contributed by atoms with Gasteiger partial charge in [-0.1, -0.05) is 30.2 Å². The Kier molecular flexibility index (Phi) is 3.94. The van der Waals surface area contributed by atoms with Gasteiger partial charge in [-0.3, -0.25) is 10.1 Å². The maximum atomic E-state index is 11.6. The summed E-state index contributed by atoms with van der Waals surface area (Å²) >= 11 is 5.59. The van der Waals surface area contributed by atoms with Crippen LogP contribution in [0.15, 0.2) is 34.7 Å². The summed E-state index contributed by atoms with van der Waals surface area (Å²) in [6, 6.07) is 9.41. The summed E-state index contributed by atoms with van der Waals surface area (Å²) < 4.78 is 5.34. The summed E-state index contributed by atoms with van der Waals surface area (Å²) in [4.78, 5) is 11.6. The lowest BCUT2D eigenvalue weighted by atomic mass is 10.2. The fraction of sp³-hybridized carbons (Fsp3) is 0.250. The number of anilines is 1. The lowest BCUT2D eigenvalue weighted by molar-refractivity contribution is -0.118. The van der Waals surface area contributed by atoms with Crippen molar-refractivity contribution in [3.05, 3.63) is 30.3 Å². The molecule has 1 aromatic heterocycles. The number of alkyl halides is 1. The second-order valence-corrected chi connectivity index (χ2v) is 4.13. The molecule has 1 N–H and O–H groups in total. The zero-order valence-corrected chi connectivity index (χ0v) is 10.5. The largest absolute Gasteiger partial charge is 0.403 e. The third-order valence-corrected chi connectivity index (χ3v) is 2.82. The second-order valence-electron chi connectivity index (χ2n) is 3.82. The van der Waals surface area contributed by atoms with Crippen LogP contribution in [-0.4, -0.2) is 22.0 Å². The first kappa shape index (κ1) is 12.6. The number of nitrogens with zero attached hydrogens (tertiary/aromatic N) is 2. The molecule has 0 radical (unpaired) electrons. The summed E-state index contributed by atoms with van der Waals surface area (Å²) in [6.45, 7) is 1.72. The van der Waals surface area contributed by atoms with Gasteiger partial charge in [-0.05, 0) is 12.1 Å². The van der Waals surface area contributed by atoms with E-state index in [2.05, 4.69) is 15.5 Å². The average Bonchev–Trinajstić information content (AvgIpc) is 2.87. The van der Waals surface area contributed by atoms with E-state index in [-0.39, 0.29) is 23.7 Å². The highest BCUT2D eigenvalue weighted by molar-refractivity contribution is 6.19. The minimum atomic E-state index is -0.307. The van der Waals surface area contributed by atoms with Gasteiger partial charge in [-0.15, -0.1) is 16.7 Å². The van der Waals surface area contributed by atoms with E-state index in [1.807, 2.05) is 30.3 Å². The molecule has 1 amide bonds. The molecule has 0 bridgehead atoms. The fourth-order valence-electron chi connectivity index (χ4n) is 1.27. The quantitative estimate of drug-likeness (QED) is 0.863. The molecule has 2 rings (SSSR count). The van der Waals surface area contributed by atoms with Crippen LogP contribution >= 0.6 is 11.6 Å². The number of carbonyl (C=O) groups is 1. The van der Waals surface area contributed by atoms with Crippen molar-refractivity contribution >= 4 is 23.5 Å². The Morgan fingerprint density at radius 2 is 2.11 bits per heavy atom. The Morgan fingerprint density at radius 1 is 1.39 bits per heavy atom. The van der Waals surface area contributed by atoms with Crippen LogP contribution in [0.1, 0.15) is 6.92 Å². The van der Waals surface area contributed by atoms with Crippen molar-refractivity contribution in [3.63, 3.8) is 0 Å². The SMILES string of the molecule is CC(CCl)C(=O)Nc1nnc(-c2ccccc2)o1. The molecule has 0 fully saturated rings. The van der Waals surface area contributed by atoms with Gasteiger partial charge in [0.15, 0.2) is 0 Å². The molecule has 5 nitrogen and oxygen atoms in total. The summed E-state index contributed by atoms with van der Waals surface area (Å²) in [7, 11) is 0. The highest BCUT2D eigenvalue weighted by Crippen LogP contribution is 2.19. The van der Waals surface area contributed by atoms with E-state index in [4.69, 9.17) is 16.0 Å². The number of rotatable bonds is 4. The van der Waals surface area contributed by atoms with Crippen LogP contribution in [0, 0.1) is 5.92 Å². The summed E-state index contributed by atoms with van der Waals surface area (Å²) in [5.41, 5.74) is 0.802. The molecule has 0 saturated heterocycles. The van der Waals surface area contributed by atoms with E-state index in [1.165, 1.54) is 0 Å². The average molecular weight is 266 g/mol. The van der Waals surface area contributed by atoms with Crippen LogP contribution in [0.5, 0.6) is 0 Å². The Hall–Kier alpha value is -1.88. The zero-order valence-electron chi connectivity index (χ0n) is 9.76. The van der Waals surface area contributed by atoms with Crippen LogP contribution in [0.4, 0.5) is 6.01 Å². The fourth-order valence-corrected chi connectivity index (χ4v) is 1.41. The smallest absolute Gasteiger partial charge is 0.322 e. The number of halogens is 1. The molecule has 94 valence electrons. The predicted molar refractivity (Wildman–Crippen MR) is 68.2 cm³/mol. The molecule has 1 aromatic carbocycles. The molecule has 0 aliphatic heterocycles. The molecule has 0 saturated carbocycles. The summed E-state index contributed by atoms with van der Waals surface area (Å²) in [5, 5.41) is 10.1. The van der Waals surface area contributed by atoms with E-state index >= 15 is 0 Å². The molecule has 6 heteroatoms. The Labute approximate surface area is 109 Å². The van der Waals surface area contributed by atoms with E-state index in [0.29, 0.717) is 5.89 Å². The van der Waals surface area contributed by atoms with Crippen molar-refractivity contribution in [2.75, 3.05) is 11.2 Å². The van der Waals surface area contributed by atoms with Crippen LogP contribution in [-0.2, 0) is 4.79 Å². The van der Waals surface area contributed by atoms with Gasteiger partial charge in [0.25, 0.3) is 0 Å². The normalized spacial score (nSPS) is 12.1. The van der Waals surface area contributed by atoms with E-state index in [9.17, 15) is 4.79 Å². The molecule has 1 heterocycles. The predicted octanol–water partition coefficient (Wildman–Crippen LogP) is 2.55. The van der Waals surface area contributed by atoms with Gasteiger partial charge >= 0.3 is 6.01 Å². The molecular weight excluding hydrogens is 254 g/mol. The molecule has 1 unspecified atom stereocenters. The number of benzene rings is 1. The molecule has 0 spiro atoms. The maximum absolute atomic E-state index is 11.6. The van der Waals surface area contributed by atoms with Gasteiger partial charge < -0.3 is 4.42 Å². The van der Waals surface area contributed by atoms with Crippen LogP contribution in [0.25, 0.3) is 11.5 Å². The van der Waals surface area contributed by atoms with Crippen molar-refractivity contribution < 1.29 is 9.21 Å². The zero-order chi connectivity index (χ0) is 13.0. The third kappa shape index (κ3) is 2.87. The first-order valence-corrected chi connectivity index (χ1v) is 6.00. The van der Waals surface area contributed by atoms with E-state index < -0.39 is 0 Å². The minimum absolute atomic E-state index is 0.0795. The maximum Gasteiger partial charge on any atom is 0.322 e. The first-order valence-electron chi connectivity index (χ1n) is 5.46. The number of hydrogen-bond acceptors (Lipinski definition) is 4. The van der Waals surface area contributed by atoms with Crippen LogP contribution in [0.2, 0.25) is 0 Å². The van der Waals surface area contributed by atoms with Crippen LogP contribution < -0.4 is 5.32 Å². The van der Waals surface area contributed by atoms with Gasteiger partial charge in [0.05, 0.1) is 0 Å². The van der Waals surface area contributed by atoms with Gasteiger partial charge in [-0.25, -0.2) is 0 Å². The third-order valence-electron chi connectivity index (χ3n) is 2.35. The van der Waals surface area contributed by atoms with Crippen molar-refractivity contribution in [2.24, 2.45) is 5.92 Å². The van der Waals surface area contributed by atoms with Gasteiger partial charge in [0.1, 0.15) is 0 Å². The molecule has 0 aliphatic rings. The minimum Gasteiger partial charge on any atom is -0.403 e. The number of hydrogen-bond donors (Lipinski definition) is 1. The van der Waals surface area contributed by atoms with E-state index in [0.717, 1.165) is 5.56 Å². The highest BCUT2D eigenvalue weighted by atomic mass is 35.5. The molecule has 1 atom stereocenters. The second kappa shape index (κ2) is 5.64. The van der Waals surface area contributed by atoms with Gasteiger partial charge in [0.2, 0.25) is 11.8 Å². The van der Waals surface area contributed by atoms with Crippen molar-refractivity contribution in [2.45, 2.75) is 6.92 Å².